The average molecular weight is 230 g/mol. The van der Waals surface area contributed by atoms with Gasteiger partial charge >= 0.3 is 5.97 Å². The smallest absolute Gasteiger partial charge is 0.325 e. The fourth-order valence-corrected chi connectivity index (χ4v) is 1.20. The second-order valence-corrected chi connectivity index (χ2v) is 3.15. The number of hydrogen-bond donors (Lipinski definition) is 2. The van der Waals surface area contributed by atoms with E-state index in [9.17, 15) is 4.79 Å². The number of ether oxygens (including phenoxy) is 1. The van der Waals surface area contributed by atoms with Crippen molar-refractivity contribution in [1.82, 2.24) is 4.98 Å². The summed E-state index contributed by atoms with van der Waals surface area (Å²) < 4.78 is 4.73. The fraction of sp³-hybridized carbons (Fsp3) is 0.333. The van der Waals surface area contributed by atoms with Crippen LogP contribution in [0.2, 0.25) is 5.15 Å². The molecule has 1 aromatic heterocycles. The van der Waals surface area contributed by atoms with Crippen molar-refractivity contribution in [3.05, 3.63) is 17.3 Å². The van der Waals surface area contributed by atoms with Crippen molar-refractivity contribution in [2.24, 2.45) is 0 Å². The van der Waals surface area contributed by atoms with E-state index in [0.717, 1.165) is 0 Å². The van der Waals surface area contributed by atoms with E-state index in [-0.39, 0.29) is 17.7 Å². The van der Waals surface area contributed by atoms with Gasteiger partial charge in [-0.1, -0.05) is 11.6 Å². The maximum atomic E-state index is 11.0. The number of carbonyl (C=O) groups excluding carboxylic acids is 1. The van der Waals surface area contributed by atoms with Crippen LogP contribution in [0, 0.1) is 0 Å². The van der Waals surface area contributed by atoms with Crippen molar-refractivity contribution in [3.63, 3.8) is 0 Å². The Kier molecular flexibility index (Phi) is 4.17. The number of rotatable bonds is 4. The Morgan fingerprint density at radius 3 is 3.00 bits per heavy atom. The number of nitrogens with one attached hydrogen (secondary N) is 1. The summed E-state index contributed by atoms with van der Waals surface area (Å²) in [6.45, 7) is 2.14. The Balaban J connectivity index is 2.54. The Hall–Kier alpha value is -1.49. The van der Waals surface area contributed by atoms with Crippen LogP contribution in [0.15, 0.2) is 12.1 Å². The van der Waals surface area contributed by atoms with Gasteiger partial charge in [-0.2, -0.15) is 0 Å². The molecule has 0 fully saturated rings. The summed E-state index contributed by atoms with van der Waals surface area (Å²) in [6, 6.07) is 3.11. The number of anilines is 2. The maximum Gasteiger partial charge on any atom is 0.325 e. The van der Waals surface area contributed by atoms with Crippen LogP contribution in [0.3, 0.4) is 0 Å². The molecule has 5 nitrogen and oxygen atoms in total. The lowest BCUT2D eigenvalue weighted by molar-refractivity contribution is -0.140. The second-order valence-electron chi connectivity index (χ2n) is 2.77. The van der Waals surface area contributed by atoms with Crippen molar-refractivity contribution >= 4 is 29.1 Å². The third kappa shape index (κ3) is 4.03. The van der Waals surface area contributed by atoms with Crippen LogP contribution < -0.4 is 11.1 Å². The molecule has 1 rings (SSSR count). The Labute approximate surface area is 92.6 Å². The molecule has 0 radical (unpaired) electrons. The van der Waals surface area contributed by atoms with Gasteiger partial charge in [0.1, 0.15) is 17.5 Å². The van der Waals surface area contributed by atoms with Gasteiger partial charge in [-0.3, -0.25) is 4.79 Å². The molecule has 6 heteroatoms. The number of nitrogen functional groups attached to an aromatic ring is 1. The van der Waals surface area contributed by atoms with Gasteiger partial charge < -0.3 is 15.8 Å². The quantitative estimate of drug-likeness (QED) is 0.601. The molecule has 0 saturated heterocycles. The van der Waals surface area contributed by atoms with E-state index in [1.165, 1.54) is 6.07 Å². The third-order valence-electron chi connectivity index (χ3n) is 1.54. The minimum absolute atomic E-state index is 0.0423. The summed E-state index contributed by atoms with van der Waals surface area (Å²) in [5.41, 5.74) is 6.03. The summed E-state index contributed by atoms with van der Waals surface area (Å²) in [5, 5.41) is 3.04. The molecule has 0 aromatic carbocycles. The van der Waals surface area contributed by atoms with Gasteiger partial charge in [0.2, 0.25) is 0 Å². The number of nitrogens with two attached hydrogens (primary N) is 1. The number of carbonyl (C=O) groups is 1. The average Bonchev–Trinajstić information content (AvgIpc) is 2.14. The van der Waals surface area contributed by atoms with Gasteiger partial charge in [-0.15, -0.1) is 0 Å². The third-order valence-corrected chi connectivity index (χ3v) is 1.73. The molecule has 3 N–H and O–H groups in total. The molecule has 0 aliphatic carbocycles. The first-order valence-corrected chi connectivity index (χ1v) is 4.82. The van der Waals surface area contributed by atoms with Gasteiger partial charge in [0.15, 0.2) is 0 Å². The van der Waals surface area contributed by atoms with Crippen molar-refractivity contribution in [1.29, 1.82) is 0 Å². The molecule has 82 valence electrons. The highest BCUT2D eigenvalue weighted by atomic mass is 35.5. The summed E-state index contributed by atoms with van der Waals surface area (Å²) >= 11 is 5.68. The molecule has 0 bridgehead atoms. The molecule has 15 heavy (non-hydrogen) atoms. The molecule has 0 spiro atoms. The standard InChI is InChI=1S/C9H12ClN3O2/c1-2-15-9(14)5-12-8-4-6(11)3-7(10)13-8/h3-4H,2,5H2,1H3,(H3,11,12,13). The molecule has 0 amide bonds. The van der Waals surface area contributed by atoms with Gasteiger partial charge in [0, 0.05) is 11.8 Å². The maximum absolute atomic E-state index is 11.0. The van der Waals surface area contributed by atoms with E-state index in [2.05, 4.69) is 10.3 Å². The highest BCUT2D eigenvalue weighted by molar-refractivity contribution is 6.29. The predicted molar refractivity (Wildman–Crippen MR) is 58.8 cm³/mol. The molecule has 0 unspecified atom stereocenters. The van der Waals surface area contributed by atoms with E-state index in [1.807, 2.05) is 0 Å². The Bertz CT molecular complexity index is 337. The zero-order chi connectivity index (χ0) is 11.3. The lowest BCUT2D eigenvalue weighted by atomic mass is 10.4. The molecule has 1 aromatic rings. The first-order valence-electron chi connectivity index (χ1n) is 4.44. The number of halogens is 1. The summed E-state index contributed by atoms with van der Waals surface area (Å²) in [5.74, 6) is 0.103. The molecule has 1 heterocycles. The van der Waals surface area contributed by atoms with Crippen LogP contribution in [0.1, 0.15) is 6.92 Å². The fourth-order valence-electron chi connectivity index (χ4n) is 0.982. The van der Waals surface area contributed by atoms with Crippen LogP contribution >= 0.6 is 11.6 Å². The van der Waals surface area contributed by atoms with E-state index in [0.29, 0.717) is 18.1 Å². The number of pyridine rings is 1. The van der Waals surface area contributed by atoms with Crippen LogP contribution in [0.25, 0.3) is 0 Å². The van der Waals surface area contributed by atoms with Gasteiger partial charge in [0.05, 0.1) is 6.61 Å². The van der Waals surface area contributed by atoms with E-state index in [1.54, 1.807) is 13.0 Å². The zero-order valence-corrected chi connectivity index (χ0v) is 9.04. The first kappa shape index (κ1) is 11.6. The highest BCUT2D eigenvalue weighted by Crippen LogP contribution is 2.15. The zero-order valence-electron chi connectivity index (χ0n) is 8.29. The van der Waals surface area contributed by atoms with E-state index >= 15 is 0 Å². The molecule has 0 aliphatic rings. The Morgan fingerprint density at radius 2 is 2.40 bits per heavy atom. The molecular weight excluding hydrogens is 218 g/mol. The molecule has 0 aliphatic heterocycles. The molecule has 0 atom stereocenters. The van der Waals surface area contributed by atoms with Gasteiger partial charge in [-0.05, 0) is 13.0 Å². The van der Waals surface area contributed by atoms with Crippen molar-refractivity contribution in [2.45, 2.75) is 6.92 Å². The topological polar surface area (TPSA) is 77.2 Å². The van der Waals surface area contributed by atoms with Crippen molar-refractivity contribution < 1.29 is 9.53 Å². The SMILES string of the molecule is CCOC(=O)CNc1cc(N)cc(Cl)n1. The van der Waals surface area contributed by atoms with Gasteiger partial charge in [0.25, 0.3) is 0 Å². The van der Waals surface area contributed by atoms with Crippen LogP contribution in [0.5, 0.6) is 0 Å². The summed E-state index contributed by atoms with van der Waals surface area (Å²) in [4.78, 5) is 14.9. The molecule has 0 saturated carbocycles. The minimum atomic E-state index is -0.349. The predicted octanol–water partition coefficient (Wildman–Crippen LogP) is 1.29. The normalized spacial score (nSPS) is 9.73. The monoisotopic (exact) mass is 229 g/mol. The van der Waals surface area contributed by atoms with E-state index in [4.69, 9.17) is 22.1 Å². The highest BCUT2D eigenvalue weighted by Gasteiger charge is 2.03. The Morgan fingerprint density at radius 1 is 1.67 bits per heavy atom. The van der Waals surface area contributed by atoms with Crippen LogP contribution in [-0.4, -0.2) is 24.1 Å². The minimum Gasteiger partial charge on any atom is -0.465 e. The summed E-state index contributed by atoms with van der Waals surface area (Å²) in [7, 11) is 0. The second kappa shape index (κ2) is 5.41. The lowest BCUT2D eigenvalue weighted by Gasteiger charge is -2.06. The number of hydrogen-bond acceptors (Lipinski definition) is 5. The van der Waals surface area contributed by atoms with E-state index < -0.39 is 0 Å². The van der Waals surface area contributed by atoms with Crippen molar-refractivity contribution in [2.75, 3.05) is 24.2 Å². The number of nitrogens with zero attached hydrogens (tertiary/aromatic N) is 1. The van der Waals surface area contributed by atoms with Gasteiger partial charge in [-0.25, -0.2) is 4.98 Å². The summed E-state index contributed by atoms with van der Waals surface area (Å²) in [6.07, 6.45) is 0. The number of aromatic nitrogens is 1. The number of esters is 1. The van der Waals surface area contributed by atoms with Crippen LogP contribution in [-0.2, 0) is 9.53 Å². The first-order chi connectivity index (χ1) is 7.11. The van der Waals surface area contributed by atoms with Crippen molar-refractivity contribution in [3.8, 4) is 0 Å². The largest absolute Gasteiger partial charge is 0.465 e. The van der Waals surface area contributed by atoms with Crippen LogP contribution in [0.4, 0.5) is 11.5 Å². The molecular formula is C9H12ClN3O2. The lowest BCUT2D eigenvalue weighted by Crippen LogP contribution is -2.17.